The maximum atomic E-state index is 13.6. The van der Waals surface area contributed by atoms with Crippen molar-refractivity contribution in [1.82, 2.24) is 0 Å². The van der Waals surface area contributed by atoms with Crippen LogP contribution in [0.1, 0.15) is 25.3 Å². The van der Waals surface area contributed by atoms with Gasteiger partial charge in [-0.2, -0.15) is 5.26 Å². The van der Waals surface area contributed by atoms with Crippen LogP contribution >= 0.6 is 0 Å². The van der Waals surface area contributed by atoms with Gasteiger partial charge in [-0.05, 0) is 42.7 Å². The summed E-state index contributed by atoms with van der Waals surface area (Å²) in [6, 6.07) is 12.1. The van der Waals surface area contributed by atoms with Crippen molar-refractivity contribution >= 4 is 17.3 Å². The largest absolute Gasteiger partial charge is 0.358 e. The van der Waals surface area contributed by atoms with Crippen LogP contribution in [0.2, 0.25) is 0 Å². The minimum absolute atomic E-state index is 0.0350. The van der Waals surface area contributed by atoms with E-state index < -0.39 is 17.5 Å². The van der Waals surface area contributed by atoms with Gasteiger partial charge in [0.2, 0.25) is 0 Å². The van der Waals surface area contributed by atoms with Crippen LogP contribution in [-0.2, 0) is 11.2 Å². The molecule has 2 aromatic carbocycles. The van der Waals surface area contributed by atoms with Crippen LogP contribution in [-0.4, -0.2) is 5.91 Å². The number of carbonyl (C=O) groups is 1. The Balaban J connectivity index is 2.02. The average Bonchev–Trinajstić information content (AvgIpc) is 2.63. The van der Waals surface area contributed by atoms with E-state index in [4.69, 9.17) is 5.26 Å². The molecule has 134 valence electrons. The molecule has 1 amide bonds. The van der Waals surface area contributed by atoms with Crippen molar-refractivity contribution in [3.63, 3.8) is 0 Å². The van der Waals surface area contributed by atoms with Crippen molar-refractivity contribution < 1.29 is 13.6 Å². The Bertz CT molecular complexity index is 839. The summed E-state index contributed by atoms with van der Waals surface area (Å²) in [7, 11) is 0. The molecule has 0 aliphatic heterocycles. The normalized spacial score (nSPS) is 10.9. The van der Waals surface area contributed by atoms with Crippen LogP contribution in [0.15, 0.2) is 54.2 Å². The summed E-state index contributed by atoms with van der Waals surface area (Å²) in [5, 5.41) is 14.3. The number of nitrogens with one attached hydrogen (secondary N) is 2. The molecule has 2 rings (SSSR count). The third-order valence-electron chi connectivity index (χ3n) is 3.70. The number of carbonyl (C=O) groups excluding carboxylic acids is 1. The van der Waals surface area contributed by atoms with Crippen molar-refractivity contribution in [1.29, 1.82) is 5.26 Å². The van der Waals surface area contributed by atoms with Gasteiger partial charge < -0.3 is 10.6 Å². The topological polar surface area (TPSA) is 64.9 Å². The maximum absolute atomic E-state index is 13.6. The summed E-state index contributed by atoms with van der Waals surface area (Å²) in [6.07, 6.45) is 4.26. The number of anilines is 2. The Hall–Kier alpha value is -3.20. The zero-order valence-electron chi connectivity index (χ0n) is 14.4. The molecule has 0 radical (unpaired) electrons. The number of nitriles is 1. The third kappa shape index (κ3) is 5.42. The molecule has 0 spiro atoms. The van der Waals surface area contributed by atoms with Gasteiger partial charge in [-0.3, -0.25) is 4.79 Å². The van der Waals surface area contributed by atoms with Crippen molar-refractivity contribution in [2.24, 2.45) is 0 Å². The number of hydrogen-bond donors (Lipinski definition) is 2. The lowest BCUT2D eigenvalue weighted by Crippen LogP contribution is -2.14. The number of nitrogens with zero attached hydrogens (tertiary/aromatic N) is 1. The highest BCUT2D eigenvalue weighted by molar-refractivity contribution is 6.06. The van der Waals surface area contributed by atoms with Gasteiger partial charge in [0, 0.05) is 18.0 Å². The molecule has 0 heterocycles. The number of unbranched alkanes of at least 4 members (excludes halogenated alkanes) is 1. The SMILES string of the molecule is CCCCc1ccc(NC(=O)/C(C#N)=C\Nc2ccc(F)cc2F)cc1. The van der Waals surface area contributed by atoms with Crippen LogP contribution in [0.5, 0.6) is 0 Å². The van der Waals surface area contributed by atoms with Crippen LogP contribution in [0.4, 0.5) is 20.2 Å². The first-order valence-electron chi connectivity index (χ1n) is 8.25. The Kier molecular flexibility index (Phi) is 6.86. The highest BCUT2D eigenvalue weighted by Gasteiger charge is 2.10. The first kappa shape index (κ1) is 19.1. The molecule has 0 unspecified atom stereocenters. The van der Waals surface area contributed by atoms with Crippen molar-refractivity contribution in [3.05, 3.63) is 71.4 Å². The molecule has 0 atom stereocenters. The molecule has 2 aromatic rings. The van der Waals surface area contributed by atoms with E-state index >= 15 is 0 Å². The summed E-state index contributed by atoms with van der Waals surface area (Å²) < 4.78 is 26.4. The van der Waals surface area contributed by atoms with E-state index in [0.717, 1.165) is 31.5 Å². The first-order chi connectivity index (χ1) is 12.5. The zero-order valence-corrected chi connectivity index (χ0v) is 14.4. The Morgan fingerprint density at radius 2 is 1.92 bits per heavy atom. The molecule has 0 saturated carbocycles. The van der Waals surface area contributed by atoms with Crippen molar-refractivity contribution in [2.45, 2.75) is 26.2 Å². The molecular weight excluding hydrogens is 336 g/mol. The van der Waals surface area contributed by atoms with E-state index in [2.05, 4.69) is 17.6 Å². The first-order valence-corrected chi connectivity index (χ1v) is 8.25. The lowest BCUT2D eigenvalue weighted by atomic mass is 10.1. The quantitative estimate of drug-likeness (QED) is 0.556. The van der Waals surface area contributed by atoms with Crippen LogP contribution < -0.4 is 10.6 Å². The van der Waals surface area contributed by atoms with Gasteiger partial charge >= 0.3 is 0 Å². The number of hydrogen-bond acceptors (Lipinski definition) is 3. The van der Waals surface area contributed by atoms with E-state index in [1.54, 1.807) is 18.2 Å². The van der Waals surface area contributed by atoms with Crippen LogP contribution in [0.3, 0.4) is 0 Å². The summed E-state index contributed by atoms with van der Waals surface area (Å²) in [5.41, 5.74) is 1.47. The highest BCUT2D eigenvalue weighted by atomic mass is 19.1. The number of benzene rings is 2. The molecule has 26 heavy (non-hydrogen) atoms. The summed E-state index contributed by atoms with van der Waals surface area (Å²) in [6.45, 7) is 2.12. The van der Waals surface area contributed by atoms with Crippen LogP contribution in [0, 0.1) is 23.0 Å². The predicted octanol–water partition coefficient (Wildman–Crippen LogP) is 4.77. The summed E-state index contributed by atoms with van der Waals surface area (Å²) in [5.74, 6) is -2.15. The minimum atomic E-state index is -0.818. The minimum Gasteiger partial charge on any atom is -0.358 e. The van der Waals surface area contributed by atoms with Gasteiger partial charge in [0.15, 0.2) is 0 Å². The Labute approximate surface area is 151 Å². The lowest BCUT2D eigenvalue weighted by Gasteiger charge is -2.07. The van der Waals surface area contributed by atoms with Crippen molar-refractivity contribution in [3.8, 4) is 6.07 Å². The molecule has 0 aliphatic rings. The number of rotatable bonds is 7. The van der Waals surface area contributed by atoms with E-state index in [-0.39, 0.29) is 11.3 Å². The lowest BCUT2D eigenvalue weighted by molar-refractivity contribution is -0.112. The highest BCUT2D eigenvalue weighted by Crippen LogP contribution is 2.16. The smallest absolute Gasteiger partial charge is 0.267 e. The monoisotopic (exact) mass is 355 g/mol. The van der Waals surface area contributed by atoms with Gasteiger partial charge in [0.1, 0.15) is 23.3 Å². The van der Waals surface area contributed by atoms with E-state index in [0.29, 0.717) is 11.8 Å². The second-order valence-corrected chi connectivity index (χ2v) is 5.69. The molecule has 0 saturated heterocycles. The number of amides is 1. The molecule has 0 aromatic heterocycles. The molecule has 4 nitrogen and oxygen atoms in total. The molecule has 0 bridgehead atoms. The zero-order chi connectivity index (χ0) is 18.9. The van der Waals surface area contributed by atoms with E-state index in [9.17, 15) is 13.6 Å². The van der Waals surface area contributed by atoms with Gasteiger partial charge in [-0.15, -0.1) is 0 Å². The van der Waals surface area contributed by atoms with Gasteiger partial charge in [-0.1, -0.05) is 25.5 Å². The maximum Gasteiger partial charge on any atom is 0.267 e. The molecule has 2 N–H and O–H groups in total. The summed E-state index contributed by atoms with van der Waals surface area (Å²) >= 11 is 0. The fourth-order valence-electron chi connectivity index (χ4n) is 2.24. The molecule has 6 heteroatoms. The average molecular weight is 355 g/mol. The van der Waals surface area contributed by atoms with Crippen molar-refractivity contribution in [2.75, 3.05) is 10.6 Å². The Morgan fingerprint density at radius 1 is 1.19 bits per heavy atom. The van der Waals surface area contributed by atoms with E-state index in [1.807, 2.05) is 12.1 Å². The van der Waals surface area contributed by atoms with Gasteiger partial charge in [0.05, 0.1) is 5.69 Å². The predicted molar refractivity (Wildman–Crippen MR) is 97.4 cm³/mol. The van der Waals surface area contributed by atoms with Gasteiger partial charge in [-0.25, -0.2) is 8.78 Å². The second-order valence-electron chi connectivity index (χ2n) is 5.69. The van der Waals surface area contributed by atoms with Gasteiger partial charge in [0.25, 0.3) is 5.91 Å². The number of aryl methyl sites for hydroxylation is 1. The standard InChI is InChI=1S/C20H19F2N3O/c1-2-3-4-14-5-8-17(9-6-14)25-20(26)15(12-23)13-24-19-10-7-16(21)11-18(19)22/h5-11,13,24H,2-4H2,1H3,(H,25,26)/b15-13-. The van der Waals surface area contributed by atoms with E-state index in [1.165, 1.54) is 11.6 Å². The number of halogens is 2. The second kappa shape index (κ2) is 9.33. The molecule has 0 aliphatic carbocycles. The Morgan fingerprint density at radius 3 is 2.54 bits per heavy atom. The molecule has 0 fully saturated rings. The third-order valence-corrected chi connectivity index (χ3v) is 3.70. The molecular formula is C20H19F2N3O. The van der Waals surface area contributed by atoms with Crippen LogP contribution in [0.25, 0.3) is 0 Å². The fourth-order valence-corrected chi connectivity index (χ4v) is 2.24. The summed E-state index contributed by atoms with van der Waals surface area (Å²) in [4.78, 5) is 12.2. The fraction of sp³-hybridized carbons (Fsp3) is 0.200.